The maximum atomic E-state index is 5.70. The standard InChI is InChI=1S/C13H20O2S2/c1-3-5-7-15-11-9-13(17)12(16)8-10(11)14-6-4-2/h8-9,16-17H,3-7H2,1-2H3. The number of benzene rings is 1. The van der Waals surface area contributed by atoms with Crippen molar-refractivity contribution in [2.24, 2.45) is 0 Å². The predicted octanol–water partition coefficient (Wildman–Crippen LogP) is 4.23. The van der Waals surface area contributed by atoms with Crippen LogP contribution in [0.4, 0.5) is 0 Å². The molecule has 0 aliphatic carbocycles. The van der Waals surface area contributed by atoms with Crippen LogP contribution in [0.25, 0.3) is 0 Å². The summed E-state index contributed by atoms with van der Waals surface area (Å²) in [4.78, 5) is 1.62. The van der Waals surface area contributed by atoms with E-state index in [9.17, 15) is 0 Å². The van der Waals surface area contributed by atoms with Crippen molar-refractivity contribution in [2.75, 3.05) is 13.2 Å². The molecule has 1 rings (SSSR count). The van der Waals surface area contributed by atoms with E-state index in [0.29, 0.717) is 13.2 Å². The molecule has 0 spiro atoms. The molecule has 0 amide bonds. The smallest absolute Gasteiger partial charge is 0.162 e. The molecule has 0 saturated heterocycles. The molecule has 0 fully saturated rings. The largest absolute Gasteiger partial charge is 0.490 e. The summed E-state index contributed by atoms with van der Waals surface area (Å²) in [7, 11) is 0. The van der Waals surface area contributed by atoms with Crippen LogP contribution in [0.3, 0.4) is 0 Å². The van der Waals surface area contributed by atoms with E-state index in [2.05, 4.69) is 39.1 Å². The Morgan fingerprint density at radius 2 is 1.41 bits per heavy atom. The van der Waals surface area contributed by atoms with Crippen LogP contribution in [-0.2, 0) is 0 Å². The van der Waals surface area contributed by atoms with E-state index in [4.69, 9.17) is 9.47 Å². The van der Waals surface area contributed by atoms with Crippen molar-refractivity contribution in [1.82, 2.24) is 0 Å². The van der Waals surface area contributed by atoms with Gasteiger partial charge in [0.1, 0.15) is 0 Å². The lowest BCUT2D eigenvalue weighted by Gasteiger charge is -2.14. The van der Waals surface area contributed by atoms with Gasteiger partial charge in [0.25, 0.3) is 0 Å². The highest BCUT2D eigenvalue weighted by molar-refractivity contribution is 7.83. The summed E-state index contributed by atoms with van der Waals surface area (Å²) in [6.07, 6.45) is 3.13. The molecule has 0 heterocycles. The van der Waals surface area contributed by atoms with Crippen molar-refractivity contribution >= 4 is 25.3 Å². The number of rotatable bonds is 7. The Bertz CT molecular complexity index is 354. The lowest BCUT2D eigenvalue weighted by atomic mass is 10.3. The van der Waals surface area contributed by atoms with Gasteiger partial charge in [-0.2, -0.15) is 0 Å². The molecule has 0 N–H and O–H groups in total. The van der Waals surface area contributed by atoms with Gasteiger partial charge in [0, 0.05) is 9.79 Å². The summed E-state index contributed by atoms with van der Waals surface area (Å²) in [5, 5.41) is 0. The number of hydrogen-bond donors (Lipinski definition) is 2. The maximum Gasteiger partial charge on any atom is 0.162 e. The molecule has 0 aromatic heterocycles. The third-order valence-electron chi connectivity index (χ3n) is 2.26. The molecule has 0 saturated carbocycles. The van der Waals surface area contributed by atoms with Crippen molar-refractivity contribution in [3.63, 3.8) is 0 Å². The molecule has 0 unspecified atom stereocenters. The van der Waals surface area contributed by atoms with Crippen LogP contribution in [0.5, 0.6) is 11.5 Å². The second-order valence-corrected chi connectivity index (χ2v) is 4.80. The quantitative estimate of drug-likeness (QED) is 0.571. The first kappa shape index (κ1) is 14.6. The fourth-order valence-corrected chi connectivity index (χ4v) is 1.67. The summed E-state index contributed by atoms with van der Waals surface area (Å²) < 4.78 is 11.3. The summed E-state index contributed by atoms with van der Waals surface area (Å²) >= 11 is 8.67. The topological polar surface area (TPSA) is 18.5 Å². The van der Waals surface area contributed by atoms with Crippen molar-refractivity contribution in [2.45, 2.75) is 42.9 Å². The first-order valence-electron chi connectivity index (χ1n) is 6.00. The molecule has 1 aromatic rings. The Kier molecular flexibility index (Phi) is 6.66. The molecule has 1 aromatic carbocycles. The normalized spacial score (nSPS) is 10.4. The average Bonchev–Trinajstić information content (AvgIpc) is 2.32. The molecular weight excluding hydrogens is 252 g/mol. The van der Waals surface area contributed by atoms with Gasteiger partial charge in [-0.15, -0.1) is 25.3 Å². The van der Waals surface area contributed by atoms with E-state index in [1.165, 1.54) is 0 Å². The van der Waals surface area contributed by atoms with Gasteiger partial charge in [0.2, 0.25) is 0 Å². The van der Waals surface area contributed by atoms with Gasteiger partial charge in [0.05, 0.1) is 13.2 Å². The van der Waals surface area contributed by atoms with Gasteiger partial charge in [-0.3, -0.25) is 0 Å². The molecule has 0 aliphatic heterocycles. The van der Waals surface area contributed by atoms with E-state index in [1.54, 1.807) is 0 Å². The van der Waals surface area contributed by atoms with Crippen LogP contribution in [0.1, 0.15) is 33.1 Å². The van der Waals surface area contributed by atoms with Gasteiger partial charge in [-0.1, -0.05) is 20.3 Å². The average molecular weight is 272 g/mol. The minimum absolute atomic E-state index is 0.684. The third-order valence-corrected chi connectivity index (χ3v) is 3.17. The summed E-state index contributed by atoms with van der Waals surface area (Å²) in [5.41, 5.74) is 0. The van der Waals surface area contributed by atoms with Crippen LogP contribution in [-0.4, -0.2) is 13.2 Å². The first-order valence-corrected chi connectivity index (χ1v) is 6.90. The Labute approximate surface area is 115 Å². The Morgan fingerprint density at radius 3 is 1.88 bits per heavy atom. The summed E-state index contributed by atoms with van der Waals surface area (Å²) in [6, 6.07) is 3.73. The molecule has 2 nitrogen and oxygen atoms in total. The van der Waals surface area contributed by atoms with E-state index in [1.807, 2.05) is 12.1 Å². The Balaban J connectivity index is 2.79. The maximum absolute atomic E-state index is 5.70. The van der Waals surface area contributed by atoms with Gasteiger partial charge in [-0.05, 0) is 25.0 Å². The van der Waals surface area contributed by atoms with Gasteiger partial charge >= 0.3 is 0 Å². The highest BCUT2D eigenvalue weighted by Crippen LogP contribution is 2.34. The number of thiol groups is 2. The molecule has 4 heteroatoms. The van der Waals surface area contributed by atoms with Crippen molar-refractivity contribution in [3.8, 4) is 11.5 Å². The van der Waals surface area contributed by atoms with Crippen LogP contribution in [0.15, 0.2) is 21.9 Å². The SMILES string of the molecule is CCCCOc1cc(S)c(S)cc1OCCC. The first-order chi connectivity index (χ1) is 8.19. The molecule has 0 radical (unpaired) electrons. The van der Waals surface area contributed by atoms with Crippen molar-refractivity contribution < 1.29 is 9.47 Å². The fourth-order valence-electron chi connectivity index (χ4n) is 1.30. The number of unbranched alkanes of at least 4 members (excludes halogenated alkanes) is 1. The summed E-state index contributed by atoms with van der Waals surface area (Å²) in [6.45, 7) is 5.60. The predicted molar refractivity (Wildman–Crippen MR) is 77.1 cm³/mol. The number of hydrogen-bond acceptors (Lipinski definition) is 4. The van der Waals surface area contributed by atoms with Crippen LogP contribution < -0.4 is 9.47 Å². The molecule has 17 heavy (non-hydrogen) atoms. The van der Waals surface area contributed by atoms with Crippen LogP contribution >= 0.6 is 25.3 Å². The number of ether oxygens (including phenoxy) is 2. The van der Waals surface area contributed by atoms with Gasteiger partial charge < -0.3 is 9.47 Å². The molecule has 96 valence electrons. The minimum Gasteiger partial charge on any atom is -0.490 e. The van der Waals surface area contributed by atoms with Crippen molar-refractivity contribution in [1.29, 1.82) is 0 Å². The molecule has 0 atom stereocenters. The lowest BCUT2D eigenvalue weighted by molar-refractivity contribution is 0.263. The van der Waals surface area contributed by atoms with E-state index in [0.717, 1.165) is 40.6 Å². The zero-order valence-corrected chi connectivity index (χ0v) is 12.2. The zero-order chi connectivity index (χ0) is 12.7. The summed E-state index contributed by atoms with van der Waals surface area (Å²) in [5.74, 6) is 1.51. The third kappa shape index (κ3) is 4.72. The van der Waals surface area contributed by atoms with Crippen LogP contribution in [0, 0.1) is 0 Å². The van der Waals surface area contributed by atoms with E-state index >= 15 is 0 Å². The van der Waals surface area contributed by atoms with E-state index in [-0.39, 0.29) is 0 Å². The minimum atomic E-state index is 0.684. The van der Waals surface area contributed by atoms with Crippen molar-refractivity contribution in [3.05, 3.63) is 12.1 Å². The van der Waals surface area contributed by atoms with Gasteiger partial charge in [-0.25, -0.2) is 0 Å². The second kappa shape index (κ2) is 7.77. The molecule has 0 aliphatic rings. The van der Waals surface area contributed by atoms with Crippen LogP contribution in [0.2, 0.25) is 0 Å². The molecular formula is C13H20O2S2. The highest BCUT2D eigenvalue weighted by Gasteiger charge is 2.08. The Hall–Kier alpha value is -0.480. The monoisotopic (exact) mass is 272 g/mol. The lowest BCUT2D eigenvalue weighted by Crippen LogP contribution is -2.02. The highest BCUT2D eigenvalue weighted by atomic mass is 32.1. The second-order valence-electron chi connectivity index (χ2n) is 3.84. The Morgan fingerprint density at radius 1 is 0.882 bits per heavy atom. The van der Waals surface area contributed by atoms with Gasteiger partial charge in [0.15, 0.2) is 11.5 Å². The molecule has 0 bridgehead atoms. The fraction of sp³-hybridized carbons (Fsp3) is 0.538. The zero-order valence-electron chi connectivity index (χ0n) is 10.4. The van der Waals surface area contributed by atoms with E-state index < -0.39 is 0 Å².